The summed E-state index contributed by atoms with van der Waals surface area (Å²) in [4.78, 5) is 15.8. The number of nitrogens with two attached hydrogens (primary N) is 1. The summed E-state index contributed by atoms with van der Waals surface area (Å²) in [6, 6.07) is 9.09. The van der Waals surface area contributed by atoms with Crippen molar-refractivity contribution in [3.63, 3.8) is 0 Å². The molecular weight excluding hydrogens is 271 g/mol. The molecule has 0 aliphatic rings. The summed E-state index contributed by atoms with van der Waals surface area (Å²) in [5.41, 5.74) is -1.44. The Bertz CT molecular complexity index is 614. The molecular formula is C13H10F3N3O. The van der Waals surface area contributed by atoms with Gasteiger partial charge in [-0.3, -0.25) is 9.78 Å². The van der Waals surface area contributed by atoms with Gasteiger partial charge in [0.2, 0.25) is 0 Å². The zero-order valence-electron chi connectivity index (χ0n) is 10.1. The normalized spacial score (nSPS) is 11.2. The first-order valence-corrected chi connectivity index (χ1v) is 5.57. The first kappa shape index (κ1) is 14.0. The standard InChI is InChI=1S/C13H10F3N3O/c14-13(15,16)9-5-1-2-7-11(9)19(17)12(20)10-6-3-4-8-18-10/h1-8H,17H2. The van der Waals surface area contributed by atoms with Crippen LogP contribution in [0.1, 0.15) is 16.1 Å². The van der Waals surface area contributed by atoms with Crippen LogP contribution in [-0.2, 0) is 6.18 Å². The lowest BCUT2D eigenvalue weighted by Crippen LogP contribution is -2.39. The average molecular weight is 281 g/mol. The lowest BCUT2D eigenvalue weighted by Gasteiger charge is -2.20. The Morgan fingerprint density at radius 1 is 1.10 bits per heavy atom. The summed E-state index contributed by atoms with van der Waals surface area (Å²) in [6.07, 6.45) is -3.24. The molecule has 0 spiro atoms. The van der Waals surface area contributed by atoms with Gasteiger partial charge < -0.3 is 0 Å². The Labute approximate surface area is 112 Å². The minimum absolute atomic E-state index is 0.0352. The van der Waals surface area contributed by atoms with Crippen LogP contribution < -0.4 is 10.9 Å². The lowest BCUT2D eigenvalue weighted by molar-refractivity contribution is -0.137. The molecule has 1 aromatic heterocycles. The van der Waals surface area contributed by atoms with Crippen LogP contribution in [0.25, 0.3) is 0 Å². The first-order chi connectivity index (χ1) is 9.41. The fraction of sp³-hybridized carbons (Fsp3) is 0.0769. The van der Waals surface area contributed by atoms with Crippen molar-refractivity contribution in [1.82, 2.24) is 4.98 Å². The highest BCUT2D eigenvalue weighted by Crippen LogP contribution is 2.35. The molecule has 0 aliphatic heterocycles. The van der Waals surface area contributed by atoms with Crippen molar-refractivity contribution >= 4 is 11.6 Å². The minimum atomic E-state index is -4.60. The molecule has 0 bridgehead atoms. The summed E-state index contributed by atoms with van der Waals surface area (Å²) < 4.78 is 38.6. The first-order valence-electron chi connectivity index (χ1n) is 5.57. The van der Waals surface area contributed by atoms with Crippen LogP contribution in [0.15, 0.2) is 48.7 Å². The van der Waals surface area contributed by atoms with Gasteiger partial charge in [-0.2, -0.15) is 13.2 Å². The monoisotopic (exact) mass is 281 g/mol. The topological polar surface area (TPSA) is 59.2 Å². The van der Waals surface area contributed by atoms with E-state index in [4.69, 9.17) is 5.84 Å². The van der Waals surface area contributed by atoms with Crippen molar-refractivity contribution in [2.45, 2.75) is 6.18 Å². The van der Waals surface area contributed by atoms with Crippen LogP contribution in [0, 0.1) is 0 Å². The molecule has 0 unspecified atom stereocenters. The summed E-state index contributed by atoms with van der Waals surface area (Å²) in [5, 5.41) is 0.450. The predicted octanol–water partition coefficient (Wildman–Crippen LogP) is 2.62. The highest BCUT2D eigenvalue weighted by atomic mass is 19.4. The Morgan fingerprint density at radius 3 is 2.35 bits per heavy atom. The van der Waals surface area contributed by atoms with Crippen molar-refractivity contribution in [2.75, 3.05) is 5.01 Å². The largest absolute Gasteiger partial charge is 0.418 e. The maximum absolute atomic E-state index is 12.9. The number of nitrogens with zero attached hydrogens (tertiary/aromatic N) is 2. The van der Waals surface area contributed by atoms with Crippen LogP contribution in [0.2, 0.25) is 0 Å². The second kappa shape index (κ2) is 5.30. The number of anilines is 1. The molecule has 2 aromatic rings. The van der Waals surface area contributed by atoms with E-state index in [9.17, 15) is 18.0 Å². The molecule has 104 valence electrons. The zero-order valence-corrected chi connectivity index (χ0v) is 10.1. The minimum Gasteiger partial charge on any atom is -0.265 e. The quantitative estimate of drug-likeness (QED) is 0.523. The predicted molar refractivity (Wildman–Crippen MR) is 66.7 cm³/mol. The van der Waals surface area contributed by atoms with E-state index in [2.05, 4.69) is 4.98 Å². The van der Waals surface area contributed by atoms with Gasteiger partial charge in [0.05, 0.1) is 11.3 Å². The van der Waals surface area contributed by atoms with E-state index in [1.807, 2.05) is 0 Å². The number of rotatable bonds is 2. The Hall–Kier alpha value is -2.41. The van der Waals surface area contributed by atoms with Crippen molar-refractivity contribution < 1.29 is 18.0 Å². The molecule has 0 fully saturated rings. The lowest BCUT2D eigenvalue weighted by atomic mass is 10.1. The number of amides is 1. The van der Waals surface area contributed by atoms with E-state index >= 15 is 0 Å². The summed E-state index contributed by atoms with van der Waals surface area (Å²) in [6.45, 7) is 0. The molecule has 2 rings (SSSR count). The van der Waals surface area contributed by atoms with Crippen LogP contribution >= 0.6 is 0 Å². The second-order valence-corrected chi connectivity index (χ2v) is 3.91. The molecule has 0 saturated carbocycles. The van der Waals surface area contributed by atoms with E-state index in [1.54, 1.807) is 12.1 Å². The number of hydrazine groups is 1. The van der Waals surface area contributed by atoms with Crippen LogP contribution in [0.5, 0.6) is 0 Å². The number of hydrogen-bond donors (Lipinski definition) is 1. The number of halogens is 3. The fourth-order valence-electron chi connectivity index (χ4n) is 1.65. The molecule has 4 nitrogen and oxygen atoms in total. The smallest absolute Gasteiger partial charge is 0.265 e. The third-order valence-electron chi connectivity index (χ3n) is 2.57. The van der Waals surface area contributed by atoms with E-state index in [0.29, 0.717) is 5.01 Å². The van der Waals surface area contributed by atoms with Gasteiger partial charge in [0.25, 0.3) is 5.91 Å². The van der Waals surface area contributed by atoms with Gasteiger partial charge in [-0.15, -0.1) is 0 Å². The Kier molecular flexibility index (Phi) is 3.71. The number of hydrogen-bond acceptors (Lipinski definition) is 3. The van der Waals surface area contributed by atoms with Gasteiger partial charge in [-0.25, -0.2) is 10.9 Å². The molecule has 0 atom stereocenters. The maximum atomic E-state index is 12.9. The van der Waals surface area contributed by atoms with E-state index in [1.165, 1.54) is 24.4 Å². The third kappa shape index (κ3) is 2.77. The Balaban J connectivity index is 2.40. The van der Waals surface area contributed by atoms with Gasteiger partial charge in [0, 0.05) is 6.20 Å². The van der Waals surface area contributed by atoms with Crippen LogP contribution in [0.3, 0.4) is 0 Å². The van der Waals surface area contributed by atoms with Crippen LogP contribution in [-0.4, -0.2) is 10.9 Å². The van der Waals surface area contributed by atoms with Gasteiger partial charge in [0.1, 0.15) is 5.69 Å². The van der Waals surface area contributed by atoms with Crippen LogP contribution in [0.4, 0.5) is 18.9 Å². The van der Waals surface area contributed by atoms with Crippen molar-refractivity contribution in [3.05, 3.63) is 59.9 Å². The van der Waals surface area contributed by atoms with Crippen molar-refractivity contribution in [2.24, 2.45) is 5.84 Å². The molecule has 1 amide bonds. The maximum Gasteiger partial charge on any atom is 0.418 e. The summed E-state index contributed by atoms with van der Waals surface area (Å²) in [7, 11) is 0. The number of benzene rings is 1. The fourth-order valence-corrected chi connectivity index (χ4v) is 1.65. The zero-order chi connectivity index (χ0) is 14.8. The van der Waals surface area contributed by atoms with Gasteiger partial charge in [-0.05, 0) is 24.3 Å². The third-order valence-corrected chi connectivity index (χ3v) is 2.57. The van der Waals surface area contributed by atoms with Gasteiger partial charge in [-0.1, -0.05) is 18.2 Å². The number of pyridine rings is 1. The SMILES string of the molecule is NN(C(=O)c1ccccn1)c1ccccc1C(F)(F)F. The molecule has 1 heterocycles. The van der Waals surface area contributed by atoms with E-state index in [-0.39, 0.29) is 5.69 Å². The number of alkyl halides is 3. The van der Waals surface area contributed by atoms with Crippen molar-refractivity contribution in [1.29, 1.82) is 0 Å². The molecule has 0 aliphatic carbocycles. The number of carbonyl (C=O) groups excluding carboxylic acids is 1. The molecule has 20 heavy (non-hydrogen) atoms. The van der Waals surface area contributed by atoms with Gasteiger partial charge >= 0.3 is 6.18 Å². The van der Waals surface area contributed by atoms with Gasteiger partial charge in [0.15, 0.2) is 0 Å². The highest BCUT2D eigenvalue weighted by Gasteiger charge is 2.35. The van der Waals surface area contributed by atoms with Crippen molar-refractivity contribution in [3.8, 4) is 0 Å². The molecule has 0 radical (unpaired) electrons. The second-order valence-electron chi connectivity index (χ2n) is 3.91. The number of para-hydroxylation sites is 1. The number of aromatic nitrogens is 1. The van der Waals surface area contributed by atoms with E-state index < -0.39 is 23.3 Å². The highest BCUT2D eigenvalue weighted by molar-refractivity contribution is 6.04. The van der Waals surface area contributed by atoms with E-state index in [0.717, 1.165) is 12.1 Å². The molecule has 1 aromatic carbocycles. The molecule has 0 saturated heterocycles. The molecule has 7 heteroatoms. The average Bonchev–Trinajstić information content (AvgIpc) is 2.46. The summed E-state index contributed by atoms with van der Waals surface area (Å²) >= 11 is 0. The number of carbonyl (C=O) groups is 1. The summed E-state index contributed by atoms with van der Waals surface area (Å²) in [5.74, 6) is 4.69. The molecule has 2 N–H and O–H groups in total. The Morgan fingerprint density at radius 2 is 1.75 bits per heavy atom.